The molecule has 9 heteroatoms. The van der Waals surface area contributed by atoms with Gasteiger partial charge in [0.15, 0.2) is 5.69 Å². The van der Waals surface area contributed by atoms with Crippen LogP contribution in [0.1, 0.15) is 28.5 Å². The van der Waals surface area contributed by atoms with Crippen LogP contribution in [0.5, 0.6) is 5.88 Å². The minimum atomic E-state index is -4.74. The third-order valence-electron chi connectivity index (χ3n) is 3.14. The second-order valence-electron chi connectivity index (χ2n) is 4.89. The van der Waals surface area contributed by atoms with Gasteiger partial charge in [0.1, 0.15) is 5.82 Å². The van der Waals surface area contributed by atoms with E-state index in [1.165, 1.54) is 12.1 Å². The zero-order valence-corrected chi connectivity index (χ0v) is 13.7. The number of halogens is 5. The number of ether oxygens (including phenoxy) is 1. The third-order valence-corrected chi connectivity index (χ3v) is 3.45. The van der Waals surface area contributed by atoms with E-state index in [9.17, 15) is 22.4 Å². The Bertz CT molecular complexity index is 781. The smallest absolute Gasteiger partial charge is 0.416 e. The molecule has 0 aliphatic rings. The van der Waals surface area contributed by atoms with Crippen molar-refractivity contribution in [3.05, 3.63) is 58.0 Å². The van der Waals surface area contributed by atoms with E-state index in [1.54, 1.807) is 6.92 Å². The van der Waals surface area contributed by atoms with Crippen LogP contribution in [0, 0.1) is 5.82 Å². The van der Waals surface area contributed by atoms with E-state index in [2.05, 4.69) is 10.3 Å². The predicted octanol–water partition coefficient (Wildman–Crippen LogP) is 4.22. The molecular weight excluding hydrogens is 364 g/mol. The minimum Gasteiger partial charge on any atom is -0.478 e. The standard InChI is InChI=1S/C16H13ClF4N2O2/c1-2-25-13-6-5-12(17)14(23-13)15(24)22-8-9-3-4-10(18)7-11(9)16(19,20)21/h3-7H,2,8H2,1H3,(H,22,24). The maximum atomic E-state index is 13.1. The minimum absolute atomic E-state index is 0.0242. The highest BCUT2D eigenvalue weighted by atomic mass is 35.5. The molecular formula is C16H13ClF4N2O2. The van der Waals surface area contributed by atoms with Crippen LogP contribution in [0.25, 0.3) is 0 Å². The highest BCUT2D eigenvalue weighted by Gasteiger charge is 2.33. The van der Waals surface area contributed by atoms with Gasteiger partial charge in [-0.15, -0.1) is 0 Å². The van der Waals surface area contributed by atoms with Crippen molar-refractivity contribution in [3.63, 3.8) is 0 Å². The van der Waals surface area contributed by atoms with Crippen molar-refractivity contribution in [1.29, 1.82) is 0 Å². The Morgan fingerprint density at radius 3 is 2.64 bits per heavy atom. The molecule has 0 fully saturated rings. The molecule has 25 heavy (non-hydrogen) atoms. The Balaban J connectivity index is 2.20. The summed E-state index contributed by atoms with van der Waals surface area (Å²) in [4.78, 5) is 16.1. The van der Waals surface area contributed by atoms with E-state index in [0.29, 0.717) is 12.7 Å². The van der Waals surface area contributed by atoms with Crippen LogP contribution in [0.2, 0.25) is 5.02 Å². The van der Waals surface area contributed by atoms with Crippen molar-refractivity contribution in [2.75, 3.05) is 6.61 Å². The van der Waals surface area contributed by atoms with Gasteiger partial charge in [-0.1, -0.05) is 17.7 Å². The maximum absolute atomic E-state index is 13.1. The summed E-state index contributed by atoms with van der Waals surface area (Å²) in [6, 6.07) is 5.09. The fourth-order valence-electron chi connectivity index (χ4n) is 2.04. The summed E-state index contributed by atoms with van der Waals surface area (Å²) in [6.07, 6.45) is -4.74. The molecule has 0 atom stereocenters. The van der Waals surface area contributed by atoms with E-state index >= 15 is 0 Å². The van der Waals surface area contributed by atoms with E-state index in [1.807, 2.05) is 0 Å². The Hall–Kier alpha value is -2.35. The Labute approximate surface area is 145 Å². The van der Waals surface area contributed by atoms with Gasteiger partial charge in [0.05, 0.1) is 17.2 Å². The fraction of sp³-hybridized carbons (Fsp3) is 0.250. The van der Waals surface area contributed by atoms with Crippen LogP contribution in [0.3, 0.4) is 0 Å². The lowest BCUT2D eigenvalue weighted by Crippen LogP contribution is -2.26. The van der Waals surface area contributed by atoms with E-state index in [-0.39, 0.29) is 22.2 Å². The van der Waals surface area contributed by atoms with Crippen LogP contribution in [-0.4, -0.2) is 17.5 Å². The molecule has 0 unspecified atom stereocenters. The molecule has 0 saturated heterocycles. The van der Waals surface area contributed by atoms with Gasteiger partial charge in [-0.25, -0.2) is 9.37 Å². The molecule has 1 amide bonds. The first kappa shape index (κ1) is 19.0. The zero-order chi connectivity index (χ0) is 18.6. The number of nitrogens with zero attached hydrogens (tertiary/aromatic N) is 1. The molecule has 1 N–H and O–H groups in total. The molecule has 0 aliphatic carbocycles. The molecule has 0 bridgehead atoms. The summed E-state index contributed by atoms with van der Waals surface area (Å²) in [5.74, 6) is -1.63. The number of carbonyl (C=O) groups excluding carboxylic acids is 1. The van der Waals surface area contributed by atoms with Crippen molar-refractivity contribution in [2.24, 2.45) is 0 Å². The molecule has 1 aromatic carbocycles. The molecule has 0 saturated carbocycles. The second kappa shape index (κ2) is 7.69. The number of benzene rings is 1. The number of aromatic nitrogens is 1. The van der Waals surface area contributed by atoms with Crippen molar-refractivity contribution in [1.82, 2.24) is 10.3 Å². The van der Waals surface area contributed by atoms with Gasteiger partial charge in [-0.3, -0.25) is 4.79 Å². The summed E-state index contributed by atoms with van der Waals surface area (Å²) < 4.78 is 57.1. The largest absolute Gasteiger partial charge is 0.478 e. The molecule has 0 aliphatic heterocycles. The van der Waals surface area contributed by atoms with Gasteiger partial charge in [0, 0.05) is 12.6 Å². The number of nitrogens with one attached hydrogen (secondary N) is 1. The third kappa shape index (κ3) is 4.82. The Morgan fingerprint density at radius 2 is 2.00 bits per heavy atom. The Kier molecular flexibility index (Phi) is 5.84. The molecule has 1 heterocycles. The van der Waals surface area contributed by atoms with Crippen LogP contribution in [0.15, 0.2) is 30.3 Å². The number of carbonyl (C=O) groups is 1. The van der Waals surface area contributed by atoms with Gasteiger partial charge in [0.2, 0.25) is 5.88 Å². The van der Waals surface area contributed by atoms with Crippen LogP contribution in [-0.2, 0) is 12.7 Å². The fourth-order valence-corrected chi connectivity index (χ4v) is 2.23. The first-order valence-corrected chi connectivity index (χ1v) is 7.53. The summed E-state index contributed by atoms with van der Waals surface area (Å²) in [5, 5.41) is 2.32. The van der Waals surface area contributed by atoms with Crippen molar-refractivity contribution in [3.8, 4) is 5.88 Å². The SMILES string of the molecule is CCOc1ccc(Cl)c(C(=O)NCc2ccc(F)cc2C(F)(F)F)n1. The number of pyridine rings is 1. The average molecular weight is 377 g/mol. The monoisotopic (exact) mass is 376 g/mol. The molecule has 2 rings (SSSR count). The van der Waals surface area contributed by atoms with E-state index in [4.69, 9.17) is 16.3 Å². The summed E-state index contributed by atoms with van der Waals surface area (Å²) in [6.45, 7) is 1.58. The predicted molar refractivity (Wildman–Crippen MR) is 83.0 cm³/mol. The van der Waals surface area contributed by atoms with Crippen molar-refractivity contribution in [2.45, 2.75) is 19.6 Å². The molecule has 134 valence electrons. The van der Waals surface area contributed by atoms with Gasteiger partial charge in [-0.05, 0) is 30.7 Å². The lowest BCUT2D eigenvalue weighted by molar-refractivity contribution is -0.138. The number of hydrogen-bond acceptors (Lipinski definition) is 3. The molecule has 0 spiro atoms. The highest BCUT2D eigenvalue weighted by molar-refractivity contribution is 6.33. The van der Waals surface area contributed by atoms with E-state index in [0.717, 1.165) is 12.1 Å². The van der Waals surface area contributed by atoms with Gasteiger partial charge in [-0.2, -0.15) is 13.2 Å². The maximum Gasteiger partial charge on any atom is 0.416 e. The van der Waals surface area contributed by atoms with Crippen LogP contribution in [0.4, 0.5) is 17.6 Å². The van der Waals surface area contributed by atoms with Gasteiger partial charge >= 0.3 is 6.18 Å². The van der Waals surface area contributed by atoms with Crippen LogP contribution < -0.4 is 10.1 Å². The van der Waals surface area contributed by atoms with Gasteiger partial charge < -0.3 is 10.1 Å². The number of rotatable bonds is 5. The molecule has 2 aromatic rings. The van der Waals surface area contributed by atoms with Gasteiger partial charge in [0.25, 0.3) is 5.91 Å². The molecule has 4 nitrogen and oxygen atoms in total. The normalized spacial score (nSPS) is 11.3. The Morgan fingerprint density at radius 1 is 1.28 bits per heavy atom. The first-order valence-electron chi connectivity index (χ1n) is 7.15. The van der Waals surface area contributed by atoms with E-state index < -0.39 is 30.0 Å². The molecule has 1 aromatic heterocycles. The molecule has 0 radical (unpaired) electrons. The highest BCUT2D eigenvalue weighted by Crippen LogP contribution is 2.32. The second-order valence-corrected chi connectivity index (χ2v) is 5.30. The quantitative estimate of drug-likeness (QED) is 0.795. The summed E-state index contributed by atoms with van der Waals surface area (Å²) >= 11 is 5.89. The van der Waals surface area contributed by atoms with Crippen molar-refractivity contribution < 1.29 is 27.1 Å². The van der Waals surface area contributed by atoms with Crippen LogP contribution >= 0.6 is 11.6 Å². The first-order chi connectivity index (χ1) is 11.7. The zero-order valence-electron chi connectivity index (χ0n) is 13.0. The number of amides is 1. The topological polar surface area (TPSA) is 51.2 Å². The number of hydrogen-bond donors (Lipinski definition) is 1. The van der Waals surface area contributed by atoms with Crippen molar-refractivity contribution >= 4 is 17.5 Å². The average Bonchev–Trinajstić information content (AvgIpc) is 2.54. The summed E-state index contributed by atoms with van der Waals surface area (Å²) in [5.41, 5.74) is -1.61. The lowest BCUT2D eigenvalue weighted by Gasteiger charge is -2.14. The lowest BCUT2D eigenvalue weighted by atomic mass is 10.1. The summed E-state index contributed by atoms with van der Waals surface area (Å²) in [7, 11) is 0. The number of alkyl halides is 3.